The number of pyridine rings is 1. The number of phenolic OH excluding ortho intramolecular Hbond substituents is 2. The zero-order chi connectivity index (χ0) is 29.8. The lowest BCUT2D eigenvalue weighted by Gasteiger charge is -2.60. The number of guanidine groups is 1. The first-order valence-corrected chi connectivity index (χ1v) is 15.1. The number of hydrogen-bond donors (Lipinski definition) is 5. The van der Waals surface area contributed by atoms with Gasteiger partial charge in [0.05, 0.1) is 11.1 Å². The molecule has 3 aromatic rings. The summed E-state index contributed by atoms with van der Waals surface area (Å²) in [7, 11) is 0. The fourth-order valence-electron chi connectivity index (χ4n) is 7.00. The maximum Gasteiger partial charge on any atom is 0.185 e. The molecule has 1 aliphatic heterocycles. The third kappa shape index (κ3) is 5.86. The molecule has 0 saturated carbocycles. The van der Waals surface area contributed by atoms with Crippen LogP contribution in [-0.2, 0) is 18.3 Å². The van der Waals surface area contributed by atoms with E-state index in [0.29, 0.717) is 31.4 Å². The predicted octanol–water partition coefficient (Wildman–Crippen LogP) is 4.68. The summed E-state index contributed by atoms with van der Waals surface area (Å²) in [5, 5.41) is 35.2. The highest BCUT2D eigenvalue weighted by Gasteiger charge is 2.61. The van der Waals surface area contributed by atoms with Crippen molar-refractivity contribution < 1.29 is 15.3 Å². The van der Waals surface area contributed by atoms with Gasteiger partial charge in [-0.15, -0.1) is 0 Å². The number of unbranched alkanes of at least 4 members (excludes halogenated alkanes) is 3. The van der Waals surface area contributed by atoms with E-state index >= 15 is 0 Å². The number of likely N-dealkylation sites (tertiary alicyclic amines) is 1. The first kappa shape index (κ1) is 30.6. The van der Waals surface area contributed by atoms with E-state index in [1.807, 2.05) is 45.0 Å². The van der Waals surface area contributed by atoms with Gasteiger partial charge in [0.15, 0.2) is 17.5 Å². The summed E-state index contributed by atoms with van der Waals surface area (Å²) in [5.41, 5.74) is 13.5. The van der Waals surface area contributed by atoms with Crippen molar-refractivity contribution in [1.29, 1.82) is 0 Å². The van der Waals surface area contributed by atoms with E-state index < -0.39 is 11.0 Å². The minimum Gasteiger partial charge on any atom is -0.504 e. The van der Waals surface area contributed by atoms with Gasteiger partial charge in [-0.25, -0.2) is 0 Å². The summed E-state index contributed by atoms with van der Waals surface area (Å²) in [4.78, 5) is 11.5. The van der Waals surface area contributed by atoms with Crippen molar-refractivity contribution >= 4 is 16.9 Å². The molecule has 1 aliphatic carbocycles. The standard InChI is InChI=1S/C31H41N5O3.C2H6/c1-20-17-21-9-5-6-10-23(21)35-24(20)19-31-13-16-36(15-8-4-3-7-14-34-29(32)33)26(30(31,2)39)18-22-11-12-25(37)28(38)27(22)31;1-2/h5-6,9-12,17,26,37-39H,3-4,7-8,13-16,18-19H2,1-2H3,(H4,32,33,34);1-2H3. The zero-order valence-corrected chi connectivity index (χ0v) is 25.0. The molecule has 8 heteroatoms. The van der Waals surface area contributed by atoms with E-state index in [1.54, 1.807) is 6.07 Å². The molecule has 1 aromatic heterocycles. The number of aryl methyl sites for hydroxylation is 1. The molecule has 2 heterocycles. The minimum absolute atomic E-state index is 0.106. The molecule has 3 atom stereocenters. The monoisotopic (exact) mass is 561 g/mol. The smallest absolute Gasteiger partial charge is 0.185 e. The number of fused-ring (bicyclic) bond motifs is 5. The third-order valence-electron chi connectivity index (χ3n) is 9.16. The zero-order valence-electron chi connectivity index (χ0n) is 25.0. The van der Waals surface area contributed by atoms with Gasteiger partial charge in [-0.1, -0.05) is 51.0 Å². The van der Waals surface area contributed by atoms with Crippen molar-refractivity contribution in [3.8, 4) is 11.5 Å². The number of nitrogens with two attached hydrogens (primary N) is 2. The van der Waals surface area contributed by atoms with E-state index in [-0.39, 0.29) is 23.5 Å². The molecule has 3 unspecified atom stereocenters. The Balaban J connectivity index is 0.00000189. The summed E-state index contributed by atoms with van der Waals surface area (Å²) < 4.78 is 0. The fourth-order valence-corrected chi connectivity index (χ4v) is 7.00. The van der Waals surface area contributed by atoms with Crippen LogP contribution in [0.4, 0.5) is 0 Å². The van der Waals surface area contributed by atoms with Crippen molar-refractivity contribution in [2.45, 2.75) is 89.7 Å². The Morgan fingerprint density at radius 2 is 1.80 bits per heavy atom. The number of aromatic nitrogens is 1. The Bertz CT molecular complexity index is 1380. The lowest BCUT2D eigenvalue weighted by molar-refractivity contribution is -0.135. The SMILES string of the molecule is CC.Cc1cc2ccccc2nc1CC12CCN(CCCCCCN=C(N)N)C(Cc3ccc(O)c(O)c31)C2(C)O. The summed E-state index contributed by atoms with van der Waals surface area (Å²) in [6.45, 7) is 10.3. The molecule has 41 heavy (non-hydrogen) atoms. The molecular weight excluding hydrogens is 514 g/mol. The Hall–Kier alpha value is -3.36. The molecule has 0 radical (unpaired) electrons. The minimum atomic E-state index is -1.14. The van der Waals surface area contributed by atoms with Crippen molar-refractivity contribution in [2.75, 3.05) is 19.6 Å². The van der Waals surface area contributed by atoms with Crippen LogP contribution in [0.25, 0.3) is 10.9 Å². The average Bonchev–Trinajstić information content (AvgIpc) is 2.94. The second kappa shape index (κ2) is 12.7. The van der Waals surface area contributed by atoms with E-state index in [0.717, 1.165) is 66.5 Å². The number of phenols is 2. The molecule has 8 nitrogen and oxygen atoms in total. The van der Waals surface area contributed by atoms with Crippen LogP contribution in [0, 0.1) is 6.92 Å². The normalized spacial score (nSPS) is 23.4. The molecule has 7 N–H and O–H groups in total. The number of aliphatic imine (C=N–C) groups is 1. The van der Waals surface area contributed by atoms with Crippen LogP contribution < -0.4 is 11.5 Å². The second-order valence-corrected chi connectivity index (χ2v) is 11.5. The average molecular weight is 562 g/mol. The van der Waals surface area contributed by atoms with E-state index in [2.05, 4.69) is 28.9 Å². The molecule has 2 bridgehead atoms. The summed E-state index contributed by atoms with van der Waals surface area (Å²) in [5.74, 6) is -0.118. The van der Waals surface area contributed by atoms with Crippen LogP contribution in [0.15, 0.2) is 47.5 Å². The molecule has 2 aromatic carbocycles. The van der Waals surface area contributed by atoms with Crippen molar-refractivity contribution in [3.05, 3.63) is 64.8 Å². The largest absolute Gasteiger partial charge is 0.504 e. The van der Waals surface area contributed by atoms with Crippen molar-refractivity contribution in [3.63, 3.8) is 0 Å². The Kier molecular flexibility index (Phi) is 9.44. The first-order valence-electron chi connectivity index (χ1n) is 15.1. The molecular formula is C33H47N5O3. The van der Waals surface area contributed by atoms with E-state index in [9.17, 15) is 15.3 Å². The van der Waals surface area contributed by atoms with Crippen LogP contribution in [-0.4, -0.2) is 62.4 Å². The maximum absolute atomic E-state index is 12.4. The number of nitrogens with zero attached hydrogens (tertiary/aromatic N) is 3. The Labute approximate surface area is 244 Å². The number of benzene rings is 2. The molecule has 0 spiro atoms. The van der Waals surface area contributed by atoms with Crippen LogP contribution in [0.3, 0.4) is 0 Å². The van der Waals surface area contributed by atoms with Crippen LogP contribution in [0.5, 0.6) is 11.5 Å². The maximum atomic E-state index is 12.4. The summed E-state index contributed by atoms with van der Waals surface area (Å²) in [6.07, 6.45) is 5.86. The quantitative estimate of drug-likeness (QED) is 0.111. The summed E-state index contributed by atoms with van der Waals surface area (Å²) in [6, 6.07) is 13.6. The van der Waals surface area contributed by atoms with Crippen LogP contribution >= 0.6 is 0 Å². The van der Waals surface area contributed by atoms with Gasteiger partial charge in [0.1, 0.15) is 0 Å². The van der Waals surface area contributed by atoms with Gasteiger partial charge in [-0.2, -0.15) is 0 Å². The van der Waals surface area contributed by atoms with E-state index in [4.69, 9.17) is 16.5 Å². The number of piperidine rings is 1. The van der Waals surface area contributed by atoms with Gasteiger partial charge >= 0.3 is 0 Å². The van der Waals surface area contributed by atoms with E-state index in [1.165, 1.54) is 0 Å². The first-order chi connectivity index (χ1) is 19.6. The molecule has 222 valence electrons. The molecule has 1 fully saturated rings. The predicted molar refractivity (Wildman–Crippen MR) is 166 cm³/mol. The van der Waals surface area contributed by atoms with Gasteiger partial charge in [0, 0.05) is 41.1 Å². The Morgan fingerprint density at radius 3 is 2.56 bits per heavy atom. The van der Waals surface area contributed by atoms with Gasteiger partial charge in [-0.3, -0.25) is 14.9 Å². The molecule has 5 rings (SSSR count). The highest BCUT2D eigenvalue weighted by atomic mass is 16.3. The highest BCUT2D eigenvalue weighted by molar-refractivity contribution is 5.79. The molecule has 1 saturated heterocycles. The Morgan fingerprint density at radius 1 is 1.07 bits per heavy atom. The van der Waals surface area contributed by atoms with Crippen molar-refractivity contribution in [1.82, 2.24) is 9.88 Å². The third-order valence-corrected chi connectivity index (χ3v) is 9.16. The van der Waals surface area contributed by atoms with Gasteiger partial charge in [0.2, 0.25) is 0 Å². The van der Waals surface area contributed by atoms with Gasteiger partial charge < -0.3 is 26.8 Å². The topological polar surface area (TPSA) is 141 Å². The molecule has 0 amide bonds. The van der Waals surface area contributed by atoms with Gasteiger partial charge in [-0.05, 0) is 81.9 Å². The number of para-hydroxylation sites is 1. The lowest BCUT2D eigenvalue weighted by Crippen LogP contribution is -2.71. The molecule has 2 aliphatic rings. The number of hydrogen-bond acceptors (Lipinski definition) is 6. The number of aromatic hydroxyl groups is 2. The highest BCUT2D eigenvalue weighted by Crippen LogP contribution is 2.57. The van der Waals surface area contributed by atoms with Gasteiger partial charge in [0.25, 0.3) is 0 Å². The van der Waals surface area contributed by atoms with Crippen LogP contribution in [0.1, 0.15) is 75.3 Å². The summed E-state index contributed by atoms with van der Waals surface area (Å²) >= 11 is 0. The second-order valence-electron chi connectivity index (χ2n) is 11.5. The van der Waals surface area contributed by atoms with Crippen LogP contribution in [0.2, 0.25) is 0 Å². The number of rotatable bonds is 9. The number of aliphatic hydroxyl groups is 1. The fraction of sp³-hybridized carbons (Fsp3) is 0.515. The lowest BCUT2D eigenvalue weighted by atomic mass is 9.53. The van der Waals surface area contributed by atoms with Crippen molar-refractivity contribution in [2.24, 2.45) is 16.5 Å².